The van der Waals surface area contributed by atoms with Crippen LogP contribution in [0.5, 0.6) is 0 Å². The molecule has 0 saturated carbocycles. The zero-order chi connectivity index (χ0) is 28.3. The normalized spacial score (nSPS) is 12.0. The number of nitrogens with one attached hydrogen (secondary N) is 4. The minimum Gasteiger partial charge on any atom is -0.334 e. The Morgan fingerprint density at radius 3 is 2.73 bits per heavy atom. The van der Waals surface area contributed by atoms with Crippen LogP contribution in [-0.4, -0.2) is 41.0 Å². The van der Waals surface area contributed by atoms with Gasteiger partial charge in [0.15, 0.2) is 0 Å². The Kier molecular flexibility index (Phi) is 7.41. The molecular weight excluding hydrogens is 561 g/mol. The lowest BCUT2D eigenvalue weighted by atomic mass is 10.1. The summed E-state index contributed by atoms with van der Waals surface area (Å²) in [6, 6.07) is 20.3. The second-order valence-corrected chi connectivity index (χ2v) is 10.4. The lowest BCUT2D eigenvalue weighted by Crippen LogP contribution is -2.39. The fourth-order valence-electron chi connectivity index (χ4n) is 4.73. The maximum Gasteiger partial charge on any atom is 0.315 e. The summed E-state index contributed by atoms with van der Waals surface area (Å²) in [5.41, 5.74) is 5.82. The van der Waals surface area contributed by atoms with Gasteiger partial charge < -0.3 is 15.6 Å². The number of aryl methyl sites for hydroxylation is 1. The quantitative estimate of drug-likeness (QED) is 0.176. The van der Waals surface area contributed by atoms with E-state index in [1.807, 2.05) is 61.5 Å². The van der Waals surface area contributed by atoms with Crippen molar-refractivity contribution in [3.8, 4) is 16.9 Å². The number of benzene rings is 3. The van der Waals surface area contributed by atoms with Gasteiger partial charge >= 0.3 is 6.03 Å². The lowest BCUT2D eigenvalue weighted by molar-refractivity contribution is 0.236. The van der Waals surface area contributed by atoms with E-state index in [-0.39, 0.29) is 12.6 Å². The SMILES string of the molecule is Cc1n[nH]c2cc(-c3nc([C@H](Cc4ccccc4)NC(=O)NCc4cc(Cl)ccc4-n4cncn4)[nH]c3Cl)ccc12. The van der Waals surface area contributed by atoms with E-state index in [0.717, 1.165) is 39.0 Å². The number of aromatic amines is 2. The second kappa shape index (κ2) is 11.4. The van der Waals surface area contributed by atoms with E-state index >= 15 is 0 Å². The van der Waals surface area contributed by atoms with Gasteiger partial charge in [-0.1, -0.05) is 65.7 Å². The molecule has 10 nitrogen and oxygen atoms in total. The predicted octanol–water partition coefficient (Wildman–Crippen LogP) is 5.93. The van der Waals surface area contributed by atoms with Gasteiger partial charge in [0, 0.05) is 22.5 Å². The smallest absolute Gasteiger partial charge is 0.315 e. The van der Waals surface area contributed by atoms with Crippen molar-refractivity contribution in [3.63, 3.8) is 0 Å². The van der Waals surface area contributed by atoms with Crippen molar-refractivity contribution in [3.05, 3.63) is 112 Å². The first-order valence-electron chi connectivity index (χ1n) is 12.9. The molecule has 0 aliphatic carbocycles. The minimum absolute atomic E-state index is 0.216. The first kappa shape index (κ1) is 26.5. The van der Waals surface area contributed by atoms with E-state index < -0.39 is 6.04 Å². The highest BCUT2D eigenvalue weighted by molar-refractivity contribution is 6.32. The number of fused-ring (bicyclic) bond motifs is 1. The molecule has 0 saturated heterocycles. The molecule has 2 amide bonds. The van der Waals surface area contributed by atoms with Gasteiger partial charge in [0.25, 0.3) is 0 Å². The number of carbonyl (C=O) groups is 1. The highest BCUT2D eigenvalue weighted by Gasteiger charge is 2.22. The summed E-state index contributed by atoms with van der Waals surface area (Å²) in [5.74, 6) is 0.538. The Labute approximate surface area is 245 Å². The topological polar surface area (TPSA) is 129 Å². The van der Waals surface area contributed by atoms with E-state index in [1.165, 1.54) is 6.33 Å². The van der Waals surface area contributed by atoms with Crippen LogP contribution in [-0.2, 0) is 13.0 Å². The van der Waals surface area contributed by atoms with Gasteiger partial charge in [-0.2, -0.15) is 10.2 Å². The fraction of sp³-hybridized carbons (Fsp3) is 0.138. The summed E-state index contributed by atoms with van der Waals surface area (Å²) in [6.45, 7) is 2.16. The number of carbonyl (C=O) groups excluding carboxylic acids is 1. The van der Waals surface area contributed by atoms with E-state index in [4.69, 9.17) is 28.2 Å². The van der Waals surface area contributed by atoms with Crippen LogP contribution in [0.3, 0.4) is 0 Å². The molecule has 41 heavy (non-hydrogen) atoms. The first-order chi connectivity index (χ1) is 19.9. The van der Waals surface area contributed by atoms with Crippen LogP contribution in [0.2, 0.25) is 10.2 Å². The Hall–Kier alpha value is -4.67. The van der Waals surface area contributed by atoms with Crippen molar-refractivity contribution in [2.45, 2.75) is 25.9 Å². The Morgan fingerprint density at radius 1 is 1.07 bits per heavy atom. The van der Waals surface area contributed by atoms with E-state index in [1.54, 1.807) is 23.1 Å². The largest absolute Gasteiger partial charge is 0.334 e. The molecule has 0 bridgehead atoms. The van der Waals surface area contributed by atoms with Gasteiger partial charge in [-0.25, -0.2) is 19.4 Å². The Balaban J connectivity index is 1.24. The number of urea groups is 1. The molecule has 0 unspecified atom stereocenters. The lowest BCUT2D eigenvalue weighted by Gasteiger charge is -2.18. The third kappa shape index (κ3) is 5.79. The molecule has 206 valence electrons. The summed E-state index contributed by atoms with van der Waals surface area (Å²) in [6.07, 6.45) is 3.54. The molecule has 3 aromatic carbocycles. The zero-order valence-electron chi connectivity index (χ0n) is 21.9. The molecule has 0 aliphatic rings. The second-order valence-electron chi connectivity index (χ2n) is 9.54. The monoisotopic (exact) mass is 585 g/mol. The summed E-state index contributed by atoms with van der Waals surface area (Å²) in [5, 5.41) is 19.5. The summed E-state index contributed by atoms with van der Waals surface area (Å²) < 4.78 is 1.62. The molecule has 0 spiro atoms. The van der Waals surface area contributed by atoms with Crippen molar-refractivity contribution < 1.29 is 4.79 Å². The van der Waals surface area contributed by atoms with Gasteiger partial charge in [-0.05, 0) is 48.7 Å². The number of H-pyrrole nitrogens is 2. The average Bonchev–Trinajstić information content (AvgIpc) is 3.73. The van der Waals surface area contributed by atoms with Crippen molar-refractivity contribution in [1.29, 1.82) is 0 Å². The van der Waals surface area contributed by atoms with Crippen LogP contribution in [0.4, 0.5) is 4.79 Å². The third-order valence-electron chi connectivity index (χ3n) is 6.77. The van der Waals surface area contributed by atoms with Gasteiger partial charge in [0.1, 0.15) is 29.3 Å². The molecule has 0 radical (unpaired) electrons. The third-order valence-corrected chi connectivity index (χ3v) is 7.28. The number of imidazole rings is 1. The molecule has 6 aromatic rings. The zero-order valence-corrected chi connectivity index (χ0v) is 23.4. The van der Waals surface area contributed by atoms with Crippen LogP contribution in [0.25, 0.3) is 27.8 Å². The maximum atomic E-state index is 13.2. The molecular formula is C29H25Cl2N9O. The molecule has 0 fully saturated rings. The molecule has 0 aliphatic heterocycles. The van der Waals surface area contributed by atoms with Crippen LogP contribution in [0.1, 0.15) is 28.7 Å². The number of rotatable bonds is 8. The number of nitrogens with zero attached hydrogens (tertiary/aromatic N) is 5. The fourth-order valence-corrected chi connectivity index (χ4v) is 5.17. The number of halogens is 2. The average molecular weight is 586 g/mol. The van der Waals surface area contributed by atoms with E-state index in [9.17, 15) is 4.79 Å². The predicted molar refractivity (Wildman–Crippen MR) is 158 cm³/mol. The van der Waals surface area contributed by atoms with E-state index in [2.05, 4.69) is 35.9 Å². The van der Waals surface area contributed by atoms with Crippen molar-refractivity contribution in [1.82, 2.24) is 45.6 Å². The van der Waals surface area contributed by atoms with Crippen LogP contribution >= 0.6 is 23.2 Å². The molecule has 3 aromatic heterocycles. The maximum absolute atomic E-state index is 13.2. The first-order valence-corrected chi connectivity index (χ1v) is 13.6. The van der Waals surface area contributed by atoms with Gasteiger partial charge in [0.2, 0.25) is 0 Å². The molecule has 4 N–H and O–H groups in total. The molecule has 1 atom stereocenters. The molecule has 12 heteroatoms. The highest BCUT2D eigenvalue weighted by Crippen LogP contribution is 2.31. The number of amides is 2. The van der Waals surface area contributed by atoms with Crippen molar-refractivity contribution in [2.24, 2.45) is 0 Å². The Bertz CT molecular complexity index is 1810. The Morgan fingerprint density at radius 2 is 1.93 bits per heavy atom. The summed E-state index contributed by atoms with van der Waals surface area (Å²) in [4.78, 5) is 25.2. The highest BCUT2D eigenvalue weighted by atomic mass is 35.5. The van der Waals surface area contributed by atoms with Crippen molar-refractivity contribution >= 4 is 40.1 Å². The number of aromatic nitrogens is 7. The molecule has 6 rings (SSSR count). The van der Waals surface area contributed by atoms with Crippen LogP contribution < -0.4 is 10.6 Å². The number of hydrogen-bond donors (Lipinski definition) is 4. The summed E-state index contributed by atoms with van der Waals surface area (Å²) >= 11 is 12.9. The minimum atomic E-state index is -0.490. The van der Waals surface area contributed by atoms with Crippen LogP contribution in [0.15, 0.2) is 79.4 Å². The van der Waals surface area contributed by atoms with Crippen molar-refractivity contribution in [2.75, 3.05) is 0 Å². The summed E-state index contributed by atoms with van der Waals surface area (Å²) in [7, 11) is 0. The van der Waals surface area contributed by atoms with E-state index in [0.29, 0.717) is 28.1 Å². The molecule has 3 heterocycles. The van der Waals surface area contributed by atoms with Crippen LogP contribution in [0, 0.1) is 6.92 Å². The van der Waals surface area contributed by atoms with Gasteiger partial charge in [0.05, 0.1) is 22.9 Å². The van der Waals surface area contributed by atoms with Gasteiger partial charge in [-0.15, -0.1) is 0 Å². The number of hydrogen-bond acceptors (Lipinski definition) is 5. The standard InChI is InChI=1S/C29H25Cl2N9O/c1-17-22-9-7-19(13-23(22)39-38-17)26-27(31)37-28(36-26)24(11-18-5-3-2-4-6-18)35-29(41)33-14-20-12-21(30)8-10-25(20)40-16-32-15-34-40/h2-10,12-13,15-16,24H,11,14H2,1H3,(H,36,37)(H,38,39)(H2,33,35,41)/t24-/m0/s1. The van der Waals surface area contributed by atoms with Gasteiger partial charge in [-0.3, -0.25) is 5.10 Å².